The van der Waals surface area contributed by atoms with E-state index in [4.69, 9.17) is 0 Å². The predicted octanol–water partition coefficient (Wildman–Crippen LogP) is 3.82. The molecule has 2 heterocycles. The zero-order valence-electron chi connectivity index (χ0n) is 17.4. The molecule has 2 aliphatic heterocycles. The summed E-state index contributed by atoms with van der Waals surface area (Å²) in [6.45, 7) is 4.09. The zero-order valence-corrected chi connectivity index (χ0v) is 17.4. The number of nitrogens with zero attached hydrogens (tertiary/aromatic N) is 2. The standard InChI is InChI=1S/C24H27N3O3/c1-16-9-8-10-17(2)26(16)24(30)25-21(15-18-11-4-3-5-12-18)27-22(28)19-13-6-7-14-20(19)23(27)29/h3-7,11-14,16-17,21H,8-10,15H2,1-2H3,(H,25,30). The minimum Gasteiger partial charge on any atom is -0.319 e. The van der Waals surface area contributed by atoms with Crippen LogP contribution in [0, 0.1) is 0 Å². The molecule has 2 aromatic carbocycles. The van der Waals surface area contributed by atoms with E-state index in [0.29, 0.717) is 17.5 Å². The Morgan fingerprint density at radius 2 is 1.47 bits per heavy atom. The maximum absolute atomic E-state index is 13.2. The smallest absolute Gasteiger partial charge is 0.319 e. The molecule has 4 amide bonds. The molecular formula is C24H27N3O3. The average molecular weight is 405 g/mol. The van der Waals surface area contributed by atoms with Gasteiger partial charge in [0.15, 0.2) is 0 Å². The Morgan fingerprint density at radius 1 is 0.933 bits per heavy atom. The first-order valence-corrected chi connectivity index (χ1v) is 10.6. The Morgan fingerprint density at radius 3 is 2.03 bits per heavy atom. The van der Waals surface area contributed by atoms with Gasteiger partial charge in [-0.3, -0.25) is 14.5 Å². The second-order valence-corrected chi connectivity index (χ2v) is 8.22. The Bertz CT molecular complexity index is 914. The molecule has 0 saturated carbocycles. The summed E-state index contributed by atoms with van der Waals surface area (Å²) >= 11 is 0. The number of nitrogens with one attached hydrogen (secondary N) is 1. The summed E-state index contributed by atoms with van der Waals surface area (Å²) in [4.78, 5) is 42.4. The van der Waals surface area contributed by atoms with Crippen molar-refractivity contribution in [2.24, 2.45) is 0 Å². The lowest BCUT2D eigenvalue weighted by atomic mass is 9.98. The molecule has 0 aromatic heterocycles. The summed E-state index contributed by atoms with van der Waals surface area (Å²) in [6, 6.07) is 16.4. The van der Waals surface area contributed by atoms with E-state index in [9.17, 15) is 14.4 Å². The van der Waals surface area contributed by atoms with Gasteiger partial charge in [-0.25, -0.2) is 4.79 Å². The lowest BCUT2D eigenvalue weighted by Crippen LogP contribution is -2.58. The second kappa shape index (κ2) is 8.30. The molecule has 3 atom stereocenters. The van der Waals surface area contributed by atoms with Crippen molar-refractivity contribution in [2.45, 2.75) is 57.8 Å². The number of benzene rings is 2. The first-order valence-electron chi connectivity index (χ1n) is 10.6. The Balaban J connectivity index is 1.63. The number of hydrogen-bond donors (Lipinski definition) is 1. The summed E-state index contributed by atoms with van der Waals surface area (Å²) in [5, 5.41) is 3.00. The maximum atomic E-state index is 13.2. The topological polar surface area (TPSA) is 69.7 Å². The minimum atomic E-state index is -0.756. The fourth-order valence-corrected chi connectivity index (χ4v) is 4.57. The summed E-state index contributed by atoms with van der Waals surface area (Å²) in [5.74, 6) is -0.729. The van der Waals surface area contributed by atoms with Crippen molar-refractivity contribution >= 4 is 17.8 Å². The van der Waals surface area contributed by atoms with Gasteiger partial charge in [-0.1, -0.05) is 42.5 Å². The van der Waals surface area contributed by atoms with E-state index >= 15 is 0 Å². The molecule has 1 fully saturated rings. The highest BCUT2D eigenvalue weighted by Gasteiger charge is 2.41. The lowest BCUT2D eigenvalue weighted by molar-refractivity contribution is 0.0544. The van der Waals surface area contributed by atoms with E-state index in [1.165, 1.54) is 4.90 Å². The number of hydrogen-bond acceptors (Lipinski definition) is 3. The number of likely N-dealkylation sites (tertiary alicyclic amines) is 1. The monoisotopic (exact) mass is 405 g/mol. The van der Waals surface area contributed by atoms with Crippen LogP contribution in [0.25, 0.3) is 0 Å². The van der Waals surface area contributed by atoms with E-state index in [-0.39, 0.29) is 29.9 Å². The van der Waals surface area contributed by atoms with Gasteiger partial charge in [0.2, 0.25) is 0 Å². The van der Waals surface area contributed by atoms with E-state index in [1.54, 1.807) is 24.3 Å². The molecule has 0 radical (unpaired) electrons. The SMILES string of the molecule is CC1CCCC(C)N1C(=O)NC(Cc1ccccc1)N1C(=O)c2ccccc2C1=O. The van der Waals surface area contributed by atoms with Gasteiger partial charge in [0.25, 0.3) is 11.8 Å². The highest BCUT2D eigenvalue weighted by molar-refractivity contribution is 6.21. The summed E-state index contributed by atoms with van der Waals surface area (Å²) in [7, 11) is 0. The first-order chi connectivity index (χ1) is 14.5. The lowest BCUT2D eigenvalue weighted by Gasteiger charge is -2.40. The number of imide groups is 1. The quantitative estimate of drug-likeness (QED) is 0.786. The summed E-state index contributed by atoms with van der Waals surface area (Å²) in [5.41, 5.74) is 1.71. The zero-order chi connectivity index (χ0) is 21.3. The number of rotatable bonds is 4. The molecular weight excluding hydrogens is 378 g/mol. The van der Waals surface area contributed by atoms with Crippen LogP contribution < -0.4 is 5.32 Å². The van der Waals surface area contributed by atoms with E-state index in [2.05, 4.69) is 5.32 Å². The molecule has 6 nitrogen and oxygen atoms in total. The van der Waals surface area contributed by atoms with E-state index in [0.717, 1.165) is 24.8 Å². The van der Waals surface area contributed by atoms with Crippen LogP contribution in [0.1, 0.15) is 59.4 Å². The molecule has 0 aliphatic carbocycles. The third-order valence-corrected chi connectivity index (χ3v) is 6.13. The van der Waals surface area contributed by atoms with Gasteiger partial charge in [-0.15, -0.1) is 0 Å². The van der Waals surface area contributed by atoms with Crippen molar-refractivity contribution in [3.63, 3.8) is 0 Å². The van der Waals surface area contributed by atoms with Gasteiger partial charge < -0.3 is 10.2 Å². The molecule has 30 heavy (non-hydrogen) atoms. The van der Waals surface area contributed by atoms with Crippen molar-refractivity contribution in [3.8, 4) is 0 Å². The Hall–Kier alpha value is -3.15. The fourth-order valence-electron chi connectivity index (χ4n) is 4.57. The van der Waals surface area contributed by atoms with Gasteiger partial charge in [0.1, 0.15) is 6.17 Å². The molecule has 1 N–H and O–H groups in total. The van der Waals surface area contributed by atoms with Gasteiger partial charge in [-0.2, -0.15) is 0 Å². The maximum Gasteiger partial charge on any atom is 0.319 e. The number of urea groups is 1. The molecule has 156 valence electrons. The van der Waals surface area contributed by atoms with E-state index in [1.807, 2.05) is 49.1 Å². The first kappa shape index (κ1) is 20.1. The summed E-state index contributed by atoms with van der Waals surface area (Å²) in [6.07, 6.45) is 2.60. The highest BCUT2D eigenvalue weighted by atomic mass is 16.2. The van der Waals surface area contributed by atoms with Crippen LogP contribution >= 0.6 is 0 Å². The molecule has 1 saturated heterocycles. The van der Waals surface area contributed by atoms with Crippen molar-refractivity contribution in [3.05, 3.63) is 71.3 Å². The minimum absolute atomic E-state index is 0.119. The molecule has 2 aliphatic rings. The Kier molecular flexibility index (Phi) is 5.57. The number of piperidine rings is 1. The number of carbonyl (C=O) groups excluding carboxylic acids is 3. The molecule has 3 unspecified atom stereocenters. The molecule has 0 spiro atoms. The van der Waals surface area contributed by atoms with Crippen molar-refractivity contribution in [1.82, 2.24) is 15.1 Å². The normalized spacial score (nSPS) is 22.1. The average Bonchev–Trinajstić information content (AvgIpc) is 2.99. The van der Waals surface area contributed by atoms with Gasteiger partial charge in [-0.05, 0) is 50.8 Å². The van der Waals surface area contributed by atoms with Gasteiger partial charge in [0.05, 0.1) is 11.1 Å². The van der Waals surface area contributed by atoms with E-state index < -0.39 is 6.17 Å². The van der Waals surface area contributed by atoms with Gasteiger partial charge in [0, 0.05) is 18.5 Å². The highest BCUT2D eigenvalue weighted by Crippen LogP contribution is 2.26. The molecule has 2 aromatic rings. The van der Waals surface area contributed by atoms with Crippen LogP contribution in [-0.4, -0.2) is 45.9 Å². The number of carbonyl (C=O) groups is 3. The molecule has 4 rings (SSSR count). The van der Waals surface area contributed by atoms with Crippen LogP contribution in [0.5, 0.6) is 0 Å². The summed E-state index contributed by atoms with van der Waals surface area (Å²) < 4.78 is 0. The van der Waals surface area contributed by atoms with Crippen molar-refractivity contribution < 1.29 is 14.4 Å². The van der Waals surface area contributed by atoms with Crippen molar-refractivity contribution in [2.75, 3.05) is 0 Å². The number of amides is 4. The van der Waals surface area contributed by atoms with Crippen LogP contribution in [0.3, 0.4) is 0 Å². The molecule has 6 heteroatoms. The third kappa shape index (κ3) is 3.70. The molecule has 0 bridgehead atoms. The fraction of sp³-hybridized carbons (Fsp3) is 0.375. The van der Waals surface area contributed by atoms with Crippen molar-refractivity contribution in [1.29, 1.82) is 0 Å². The number of fused-ring (bicyclic) bond motifs is 1. The second-order valence-electron chi connectivity index (χ2n) is 8.22. The Labute approximate surface area is 176 Å². The largest absolute Gasteiger partial charge is 0.319 e. The van der Waals surface area contributed by atoms with Crippen LogP contribution in [-0.2, 0) is 6.42 Å². The van der Waals surface area contributed by atoms with Crippen LogP contribution in [0.4, 0.5) is 4.79 Å². The predicted molar refractivity (Wildman–Crippen MR) is 114 cm³/mol. The van der Waals surface area contributed by atoms with Crippen LogP contribution in [0.2, 0.25) is 0 Å². The van der Waals surface area contributed by atoms with Crippen LogP contribution in [0.15, 0.2) is 54.6 Å². The third-order valence-electron chi connectivity index (χ3n) is 6.13. The van der Waals surface area contributed by atoms with Gasteiger partial charge >= 0.3 is 6.03 Å².